The third-order valence-electron chi connectivity index (χ3n) is 5.24. The molecule has 10 nitrogen and oxygen atoms in total. The van der Waals surface area contributed by atoms with Gasteiger partial charge in [-0.3, -0.25) is 9.59 Å². The third kappa shape index (κ3) is 4.51. The van der Waals surface area contributed by atoms with Crippen molar-refractivity contribution < 1.29 is 33.4 Å². The van der Waals surface area contributed by atoms with E-state index in [9.17, 15) is 19.2 Å². The molecule has 1 aromatic heterocycles. The van der Waals surface area contributed by atoms with Gasteiger partial charge in [0.15, 0.2) is 0 Å². The van der Waals surface area contributed by atoms with E-state index in [1.54, 1.807) is 4.90 Å². The van der Waals surface area contributed by atoms with Gasteiger partial charge in [0.05, 0.1) is 11.2 Å². The van der Waals surface area contributed by atoms with Gasteiger partial charge < -0.3 is 29.4 Å². The first-order valence-electron chi connectivity index (χ1n) is 10.1. The number of H-pyrrole nitrogens is 1. The first-order chi connectivity index (χ1) is 15.1. The number of carboxylic acid groups (broad SMARTS) is 1. The van der Waals surface area contributed by atoms with Gasteiger partial charge in [-0.1, -0.05) is 6.92 Å². The highest BCUT2D eigenvalue weighted by molar-refractivity contribution is 5.94. The molecule has 0 saturated carbocycles. The first kappa shape index (κ1) is 23.0. The Hall–Kier alpha value is -3.63. The minimum Gasteiger partial charge on any atom is -0.477 e. The van der Waals surface area contributed by atoms with Crippen molar-refractivity contribution >= 4 is 34.6 Å². The lowest BCUT2D eigenvalue weighted by Crippen LogP contribution is -2.50. The van der Waals surface area contributed by atoms with Crippen molar-refractivity contribution in [1.29, 1.82) is 0 Å². The molecule has 11 heteroatoms. The highest BCUT2D eigenvalue weighted by Crippen LogP contribution is 2.31. The van der Waals surface area contributed by atoms with Crippen LogP contribution >= 0.6 is 0 Å². The fraction of sp³-hybridized carbons (Fsp3) is 0.429. The molecule has 1 aliphatic rings. The second-order valence-corrected chi connectivity index (χ2v) is 7.33. The number of aromatic amines is 1. The van der Waals surface area contributed by atoms with Crippen LogP contribution in [0, 0.1) is 5.82 Å². The second-order valence-electron chi connectivity index (χ2n) is 7.33. The van der Waals surface area contributed by atoms with Gasteiger partial charge in [0.25, 0.3) is 0 Å². The number of halogens is 1. The molecule has 1 amide bonds. The van der Waals surface area contributed by atoms with Crippen molar-refractivity contribution in [3.8, 4) is 0 Å². The fourth-order valence-corrected chi connectivity index (χ4v) is 3.82. The zero-order chi connectivity index (χ0) is 23.6. The van der Waals surface area contributed by atoms with Crippen LogP contribution in [0.4, 0.5) is 14.9 Å². The number of hydrogen-bond acceptors (Lipinski definition) is 7. The summed E-state index contributed by atoms with van der Waals surface area (Å²) in [5, 5.41) is 9.13. The molecule has 1 fully saturated rings. The Balaban J connectivity index is 1.83. The molecular formula is C21H24FN3O7. The highest BCUT2D eigenvalue weighted by atomic mass is 19.1. The minimum atomic E-state index is -1.39. The van der Waals surface area contributed by atoms with Crippen LogP contribution in [-0.2, 0) is 20.7 Å². The molecule has 0 aliphatic carbocycles. The lowest BCUT2D eigenvalue weighted by molar-refractivity contribution is -0.163. The van der Waals surface area contributed by atoms with E-state index in [1.807, 2.05) is 6.92 Å². The van der Waals surface area contributed by atoms with E-state index in [1.165, 1.54) is 18.7 Å². The van der Waals surface area contributed by atoms with E-state index in [4.69, 9.17) is 14.6 Å². The molecule has 2 aromatic rings. The lowest BCUT2D eigenvalue weighted by atomic mass is 10.0. The Morgan fingerprint density at radius 2 is 1.88 bits per heavy atom. The quantitative estimate of drug-likeness (QED) is 0.524. The lowest BCUT2D eigenvalue weighted by Gasteiger charge is -2.37. The predicted molar refractivity (Wildman–Crippen MR) is 112 cm³/mol. The predicted octanol–water partition coefficient (Wildman–Crippen LogP) is 2.10. The highest BCUT2D eigenvalue weighted by Gasteiger charge is 2.28. The van der Waals surface area contributed by atoms with Gasteiger partial charge in [-0.15, -0.1) is 0 Å². The van der Waals surface area contributed by atoms with Gasteiger partial charge in [0.2, 0.25) is 11.7 Å². The van der Waals surface area contributed by atoms with Crippen molar-refractivity contribution in [3.63, 3.8) is 0 Å². The molecule has 3 rings (SSSR count). The third-order valence-corrected chi connectivity index (χ3v) is 5.24. The van der Waals surface area contributed by atoms with E-state index in [0.29, 0.717) is 36.3 Å². The number of hydrogen-bond donors (Lipinski definition) is 2. The maximum Gasteiger partial charge on any atom is 0.412 e. The van der Waals surface area contributed by atoms with Gasteiger partial charge in [0, 0.05) is 57.2 Å². The number of ether oxygens (including phenoxy) is 2. The van der Waals surface area contributed by atoms with Crippen LogP contribution in [0.2, 0.25) is 0 Å². The first-order valence-corrected chi connectivity index (χ1v) is 10.1. The Morgan fingerprint density at radius 3 is 2.44 bits per heavy atom. The number of nitrogens with zero attached hydrogens (tertiary/aromatic N) is 2. The van der Waals surface area contributed by atoms with Crippen LogP contribution < -0.4 is 10.3 Å². The second kappa shape index (κ2) is 9.25. The normalized spacial score (nSPS) is 14.9. The van der Waals surface area contributed by atoms with Crippen LogP contribution in [-0.4, -0.2) is 65.5 Å². The molecule has 1 unspecified atom stereocenters. The Kier molecular flexibility index (Phi) is 6.66. The number of rotatable bonds is 5. The number of piperazine rings is 1. The van der Waals surface area contributed by atoms with Crippen LogP contribution in [0.3, 0.4) is 0 Å². The molecule has 0 bridgehead atoms. The summed E-state index contributed by atoms with van der Waals surface area (Å²) in [6.45, 7) is 5.58. The molecule has 1 aromatic carbocycles. The average Bonchev–Trinajstić information content (AvgIpc) is 2.72. The van der Waals surface area contributed by atoms with Crippen molar-refractivity contribution in [2.24, 2.45) is 0 Å². The largest absolute Gasteiger partial charge is 0.477 e. The number of carboxylic acids is 1. The number of nitrogens with one attached hydrogen (secondary N) is 1. The van der Waals surface area contributed by atoms with Crippen LogP contribution in [0.1, 0.15) is 36.7 Å². The summed E-state index contributed by atoms with van der Waals surface area (Å²) in [5.41, 5.74) is 0.0344. The average molecular weight is 449 g/mol. The molecule has 1 atom stereocenters. The van der Waals surface area contributed by atoms with Crippen molar-refractivity contribution in [2.75, 3.05) is 31.1 Å². The minimum absolute atomic E-state index is 0.0235. The van der Waals surface area contributed by atoms with Gasteiger partial charge in [-0.25, -0.2) is 14.0 Å². The molecule has 0 radical (unpaired) electrons. The Morgan fingerprint density at radius 1 is 1.22 bits per heavy atom. The molecule has 32 heavy (non-hydrogen) atoms. The monoisotopic (exact) mass is 449 g/mol. The summed E-state index contributed by atoms with van der Waals surface area (Å²) in [5.74, 6) is -2.59. The van der Waals surface area contributed by atoms with Crippen molar-refractivity contribution in [2.45, 2.75) is 33.5 Å². The topological polar surface area (TPSA) is 129 Å². The number of esters is 1. The van der Waals surface area contributed by atoms with Gasteiger partial charge >= 0.3 is 18.0 Å². The summed E-state index contributed by atoms with van der Waals surface area (Å²) < 4.78 is 25.0. The Bertz CT molecular complexity index is 1120. The number of fused-ring (bicyclic) bond motifs is 1. The zero-order valence-corrected chi connectivity index (χ0v) is 17.9. The number of aryl methyl sites for hydroxylation is 1. The smallest absolute Gasteiger partial charge is 0.412 e. The summed E-state index contributed by atoms with van der Waals surface area (Å²) in [4.78, 5) is 53.0. The van der Waals surface area contributed by atoms with Crippen molar-refractivity contribution in [1.82, 2.24) is 9.88 Å². The number of carbonyl (C=O) groups is 3. The number of aromatic carboxylic acids is 1. The zero-order valence-electron chi connectivity index (χ0n) is 17.9. The molecular weight excluding hydrogens is 425 g/mol. The van der Waals surface area contributed by atoms with Gasteiger partial charge in [-0.2, -0.15) is 0 Å². The summed E-state index contributed by atoms with van der Waals surface area (Å²) >= 11 is 0. The van der Waals surface area contributed by atoms with Gasteiger partial charge in [0.1, 0.15) is 11.4 Å². The number of aromatic nitrogens is 1. The summed E-state index contributed by atoms with van der Waals surface area (Å²) in [6, 6.07) is 1.05. The maximum absolute atomic E-state index is 15.1. The fourth-order valence-electron chi connectivity index (χ4n) is 3.82. The van der Waals surface area contributed by atoms with Gasteiger partial charge in [-0.05, 0) is 12.5 Å². The van der Waals surface area contributed by atoms with E-state index < -0.39 is 41.1 Å². The summed E-state index contributed by atoms with van der Waals surface area (Å²) in [7, 11) is 0. The molecule has 2 N–H and O–H groups in total. The maximum atomic E-state index is 15.1. The molecule has 2 heterocycles. The standard InChI is InChI=1S/C21H24FN3O7/c1-4-13-17-14(19(27)15(10-23-17)20(28)29)9-16(22)18(13)24-5-7-25(8-6-24)21(30)32-12(3)31-11(2)26/h9-10,12H,4-8H2,1-3H3,(H,23,27)(H,28,29). The van der Waals surface area contributed by atoms with E-state index in [0.717, 1.165) is 12.3 Å². The molecule has 1 saturated heterocycles. The molecule has 0 spiro atoms. The molecule has 172 valence electrons. The molecule has 1 aliphatic heterocycles. The summed E-state index contributed by atoms with van der Waals surface area (Å²) in [6.07, 6.45) is -0.144. The number of pyridine rings is 1. The van der Waals surface area contributed by atoms with Crippen LogP contribution in [0.5, 0.6) is 0 Å². The SMILES string of the molecule is CCc1c(N2CCN(C(=O)OC(C)OC(C)=O)CC2)c(F)cc2c(=O)c(C(=O)O)c[nH]c12. The number of benzene rings is 1. The number of carbonyl (C=O) groups excluding carboxylic acids is 2. The van der Waals surface area contributed by atoms with Crippen LogP contribution in [0.15, 0.2) is 17.1 Å². The Labute approximate surface area is 182 Å². The van der Waals surface area contributed by atoms with E-state index in [2.05, 4.69) is 4.98 Å². The van der Waals surface area contributed by atoms with E-state index >= 15 is 4.39 Å². The van der Waals surface area contributed by atoms with Crippen molar-refractivity contribution in [3.05, 3.63) is 39.4 Å². The number of amides is 1. The van der Waals surface area contributed by atoms with E-state index in [-0.39, 0.29) is 18.5 Å². The van der Waals surface area contributed by atoms with Crippen LogP contribution in [0.25, 0.3) is 10.9 Å². The number of anilines is 1.